The number of para-hydroxylation sites is 3. The van der Waals surface area contributed by atoms with Gasteiger partial charge in [0.25, 0.3) is 0 Å². The molecule has 0 aliphatic heterocycles. The molecule has 1 N–H and O–H groups in total. The highest BCUT2D eigenvalue weighted by atomic mass is 15.0. The van der Waals surface area contributed by atoms with E-state index in [1.54, 1.807) is 0 Å². The van der Waals surface area contributed by atoms with E-state index < -0.39 is 0 Å². The number of nitrogens with one attached hydrogen (secondary N) is 1. The first kappa shape index (κ1) is 19.5. The van der Waals surface area contributed by atoms with Gasteiger partial charge in [-0.15, -0.1) is 0 Å². The quantitative estimate of drug-likeness (QED) is 0.253. The van der Waals surface area contributed by atoms with E-state index in [4.69, 9.17) is 0 Å². The van der Waals surface area contributed by atoms with E-state index in [1.807, 2.05) is 0 Å². The summed E-state index contributed by atoms with van der Waals surface area (Å²) in [4.78, 5) is 3.79. The topological polar surface area (TPSA) is 20.7 Å². The Morgan fingerprint density at radius 1 is 0.444 bits per heavy atom. The van der Waals surface area contributed by atoms with Gasteiger partial charge in [0.15, 0.2) is 0 Å². The second-order valence-electron chi connectivity index (χ2n) is 9.42. The third-order valence-electron chi connectivity index (χ3n) is 7.51. The minimum Gasteiger partial charge on any atom is -0.354 e. The van der Waals surface area contributed by atoms with Crippen molar-refractivity contribution in [3.63, 3.8) is 0 Å². The van der Waals surface area contributed by atoms with E-state index >= 15 is 0 Å². The summed E-state index contributed by atoms with van der Waals surface area (Å²) >= 11 is 0. The van der Waals surface area contributed by atoms with E-state index in [1.165, 1.54) is 66.7 Å². The van der Waals surface area contributed by atoms with Gasteiger partial charge in [-0.2, -0.15) is 0 Å². The number of aromatic amines is 1. The zero-order valence-corrected chi connectivity index (χ0v) is 19.6. The SMILES string of the molecule is c1ccc(-n2c3c(c4ccccc42)-c2ccccc2-c2[nH]c4ccccc4c2-c2ccccc2-3)cc1. The summed E-state index contributed by atoms with van der Waals surface area (Å²) in [5.74, 6) is 0. The number of hydrogen-bond donors (Lipinski definition) is 1. The van der Waals surface area contributed by atoms with E-state index in [0.717, 1.165) is 5.52 Å². The number of hydrogen-bond acceptors (Lipinski definition) is 0. The molecule has 0 fully saturated rings. The lowest BCUT2D eigenvalue weighted by Crippen LogP contribution is -2.01. The van der Waals surface area contributed by atoms with Crippen LogP contribution in [0, 0.1) is 0 Å². The summed E-state index contributed by atoms with van der Waals surface area (Å²) < 4.78 is 2.44. The number of nitrogens with zero attached hydrogens (tertiary/aromatic N) is 1. The zero-order chi connectivity index (χ0) is 23.6. The van der Waals surface area contributed by atoms with E-state index in [9.17, 15) is 0 Å². The minimum absolute atomic E-state index is 1.16. The average molecular weight is 459 g/mol. The highest BCUT2D eigenvalue weighted by molar-refractivity contribution is 6.16. The van der Waals surface area contributed by atoms with Gasteiger partial charge in [0.05, 0.1) is 16.9 Å². The molecule has 168 valence electrons. The van der Waals surface area contributed by atoms with E-state index in [-0.39, 0.29) is 0 Å². The smallest absolute Gasteiger partial charge is 0.0625 e. The maximum atomic E-state index is 3.79. The largest absolute Gasteiger partial charge is 0.354 e. The lowest BCUT2D eigenvalue weighted by Gasteiger charge is -2.21. The number of aromatic nitrogens is 2. The molecule has 1 aliphatic carbocycles. The molecular formula is C34H22N2. The molecule has 36 heavy (non-hydrogen) atoms. The summed E-state index contributed by atoms with van der Waals surface area (Å²) in [7, 11) is 0. The first-order chi connectivity index (χ1) is 17.9. The molecule has 0 amide bonds. The molecule has 0 saturated heterocycles. The van der Waals surface area contributed by atoms with Crippen molar-refractivity contribution < 1.29 is 0 Å². The third-order valence-corrected chi connectivity index (χ3v) is 7.51. The third kappa shape index (κ3) is 2.56. The Labute approximate surface area is 209 Å². The molecule has 5 aromatic carbocycles. The fraction of sp³-hybridized carbons (Fsp3) is 0. The van der Waals surface area contributed by atoms with E-state index in [0.29, 0.717) is 0 Å². The summed E-state index contributed by atoms with van der Waals surface area (Å²) in [5.41, 5.74) is 13.5. The van der Waals surface area contributed by atoms with Crippen LogP contribution in [0.4, 0.5) is 0 Å². The van der Waals surface area contributed by atoms with Crippen LogP contribution in [0.2, 0.25) is 0 Å². The summed E-state index contributed by atoms with van der Waals surface area (Å²) in [6.45, 7) is 0. The number of fused-ring (bicyclic) bond motifs is 12. The van der Waals surface area contributed by atoms with Crippen LogP contribution in [0.15, 0.2) is 127 Å². The lowest BCUT2D eigenvalue weighted by atomic mass is 9.85. The van der Waals surface area contributed by atoms with Gasteiger partial charge >= 0.3 is 0 Å². The Balaban J connectivity index is 1.65. The molecule has 0 unspecified atom stereocenters. The van der Waals surface area contributed by atoms with Gasteiger partial charge in [0, 0.05) is 44.2 Å². The fourth-order valence-corrected chi connectivity index (χ4v) is 6.06. The Morgan fingerprint density at radius 2 is 1.03 bits per heavy atom. The Kier molecular flexibility index (Phi) is 3.97. The van der Waals surface area contributed by atoms with Crippen molar-refractivity contribution in [2.45, 2.75) is 0 Å². The number of rotatable bonds is 1. The normalized spacial score (nSPS) is 11.9. The molecule has 2 nitrogen and oxygen atoms in total. The van der Waals surface area contributed by atoms with Gasteiger partial charge in [-0.3, -0.25) is 0 Å². The standard InChI is InChI=1S/C34H22N2/c1-2-12-22(13-3-1)36-30-21-11-9-19-28(30)32-23-14-4-6-16-25(23)33-31(27-18-8-10-20-29(27)35-33)24-15-5-7-17-26(24)34(32)36/h1-21,35H. The lowest BCUT2D eigenvalue weighted by molar-refractivity contribution is 1.13. The van der Waals surface area contributed by atoms with Crippen molar-refractivity contribution in [3.05, 3.63) is 127 Å². The molecule has 0 bridgehead atoms. The molecule has 0 spiro atoms. The molecule has 0 saturated carbocycles. The van der Waals surface area contributed by atoms with Crippen LogP contribution in [-0.2, 0) is 0 Å². The number of H-pyrrole nitrogens is 1. The Bertz CT molecular complexity index is 1930. The van der Waals surface area contributed by atoms with Crippen LogP contribution in [0.1, 0.15) is 0 Å². The van der Waals surface area contributed by atoms with Crippen LogP contribution in [0.5, 0.6) is 0 Å². The monoisotopic (exact) mass is 458 g/mol. The summed E-state index contributed by atoms with van der Waals surface area (Å²) in [6.07, 6.45) is 0. The molecule has 8 rings (SSSR count). The average Bonchev–Trinajstić information content (AvgIpc) is 3.49. The van der Waals surface area contributed by atoms with Crippen molar-refractivity contribution in [2.24, 2.45) is 0 Å². The van der Waals surface area contributed by atoms with Gasteiger partial charge in [-0.1, -0.05) is 103 Å². The predicted octanol–water partition coefficient (Wildman–Crippen LogP) is 9.09. The van der Waals surface area contributed by atoms with Crippen molar-refractivity contribution >= 4 is 21.8 Å². The van der Waals surface area contributed by atoms with Gasteiger partial charge < -0.3 is 9.55 Å². The highest BCUT2D eigenvalue weighted by Crippen LogP contribution is 2.52. The first-order valence-electron chi connectivity index (χ1n) is 12.4. The molecule has 1 aliphatic rings. The van der Waals surface area contributed by atoms with Crippen LogP contribution in [0.3, 0.4) is 0 Å². The minimum atomic E-state index is 1.16. The second kappa shape index (κ2) is 7.34. The van der Waals surface area contributed by atoms with Crippen LogP contribution >= 0.6 is 0 Å². The van der Waals surface area contributed by atoms with Gasteiger partial charge in [0.2, 0.25) is 0 Å². The van der Waals surface area contributed by atoms with Crippen LogP contribution in [-0.4, -0.2) is 9.55 Å². The predicted molar refractivity (Wildman–Crippen MR) is 150 cm³/mol. The zero-order valence-electron chi connectivity index (χ0n) is 19.6. The van der Waals surface area contributed by atoms with Crippen molar-refractivity contribution in [2.75, 3.05) is 0 Å². The van der Waals surface area contributed by atoms with Crippen molar-refractivity contribution in [1.82, 2.24) is 9.55 Å². The van der Waals surface area contributed by atoms with Crippen molar-refractivity contribution in [3.8, 4) is 50.5 Å². The van der Waals surface area contributed by atoms with Crippen molar-refractivity contribution in [1.29, 1.82) is 0 Å². The van der Waals surface area contributed by atoms with Gasteiger partial charge in [0.1, 0.15) is 0 Å². The van der Waals surface area contributed by atoms with Gasteiger partial charge in [-0.25, -0.2) is 0 Å². The molecule has 0 atom stereocenters. The van der Waals surface area contributed by atoms with Crippen LogP contribution < -0.4 is 0 Å². The molecule has 2 heteroatoms. The molecular weight excluding hydrogens is 436 g/mol. The second-order valence-corrected chi connectivity index (χ2v) is 9.42. The highest BCUT2D eigenvalue weighted by Gasteiger charge is 2.29. The molecule has 7 aromatic rings. The Hall–Kier alpha value is -4.82. The van der Waals surface area contributed by atoms with E-state index in [2.05, 4.69) is 137 Å². The molecule has 2 heterocycles. The summed E-state index contributed by atoms with van der Waals surface area (Å²) in [6, 6.07) is 45.9. The van der Waals surface area contributed by atoms with Gasteiger partial charge in [-0.05, 0) is 35.4 Å². The first-order valence-corrected chi connectivity index (χ1v) is 12.4. The molecule has 0 radical (unpaired) electrons. The summed E-state index contributed by atoms with van der Waals surface area (Å²) in [5, 5.41) is 2.51. The maximum Gasteiger partial charge on any atom is 0.0625 e. The van der Waals surface area contributed by atoms with Crippen LogP contribution in [0.25, 0.3) is 72.3 Å². The number of benzene rings is 5. The molecule has 2 aromatic heterocycles. The maximum absolute atomic E-state index is 3.79. The Morgan fingerprint density at radius 3 is 1.83 bits per heavy atom. The fourth-order valence-electron chi connectivity index (χ4n) is 6.06.